The average Bonchev–Trinajstić information content (AvgIpc) is 2.90. The highest BCUT2D eigenvalue weighted by molar-refractivity contribution is 7.09. The van der Waals surface area contributed by atoms with Crippen LogP contribution in [0.4, 0.5) is 5.13 Å². The van der Waals surface area contributed by atoms with Gasteiger partial charge in [0.15, 0.2) is 5.82 Å². The highest BCUT2D eigenvalue weighted by atomic mass is 32.1. The van der Waals surface area contributed by atoms with Gasteiger partial charge in [-0.2, -0.15) is 9.36 Å². The molecule has 0 atom stereocenters. The maximum atomic E-state index is 4.60. The summed E-state index contributed by atoms with van der Waals surface area (Å²) in [5.41, 5.74) is 1.08. The number of hydrogen-bond donors (Lipinski definition) is 0. The molecule has 1 aliphatic heterocycles. The summed E-state index contributed by atoms with van der Waals surface area (Å²) in [5.74, 6) is 0.827. The Morgan fingerprint density at radius 3 is 2.59 bits per heavy atom. The Labute approximate surface area is 104 Å². The van der Waals surface area contributed by atoms with Crippen molar-refractivity contribution in [2.24, 2.45) is 0 Å². The molecule has 0 amide bonds. The molecule has 0 N–H and O–H groups in total. The van der Waals surface area contributed by atoms with E-state index < -0.39 is 0 Å². The SMILES string of the molecule is c1ccc(-c2nsc(N3CC[N]CC3)n2)cc1. The van der Waals surface area contributed by atoms with E-state index in [0.717, 1.165) is 42.7 Å². The van der Waals surface area contributed by atoms with E-state index in [4.69, 9.17) is 0 Å². The molecule has 1 aromatic heterocycles. The summed E-state index contributed by atoms with van der Waals surface area (Å²) in [5, 5.41) is 5.35. The highest BCUT2D eigenvalue weighted by Gasteiger charge is 2.15. The number of nitrogens with zero attached hydrogens (tertiary/aromatic N) is 4. The van der Waals surface area contributed by atoms with E-state index in [1.54, 1.807) is 0 Å². The van der Waals surface area contributed by atoms with E-state index in [1.807, 2.05) is 30.3 Å². The van der Waals surface area contributed by atoms with Crippen LogP contribution in [-0.4, -0.2) is 35.5 Å². The Morgan fingerprint density at radius 1 is 1.06 bits per heavy atom. The van der Waals surface area contributed by atoms with E-state index in [2.05, 4.69) is 19.6 Å². The lowest BCUT2D eigenvalue weighted by Gasteiger charge is -2.25. The molecular formula is C12H13N4S. The Bertz CT molecular complexity index is 476. The zero-order valence-corrected chi connectivity index (χ0v) is 10.2. The predicted octanol–water partition coefficient (Wildman–Crippen LogP) is 1.63. The van der Waals surface area contributed by atoms with Gasteiger partial charge in [0.05, 0.1) is 0 Å². The van der Waals surface area contributed by atoms with Crippen LogP contribution in [-0.2, 0) is 0 Å². The van der Waals surface area contributed by atoms with Gasteiger partial charge >= 0.3 is 0 Å². The van der Waals surface area contributed by atoms with Crippen molar-refractivity contribution in [3.63, 3.8) is 0 Å². The molecule has 3 rings (SSSR count). The molecular weight excluding hydrogens is 232 g/mol. The number of rotatable bonds is 2. The van der Waals surface area contributed by atoms with Crippen LogP contribution < -0.4 is 10.2 Å². The second-order valence-corrected chi connectivity index (χ2v) is 4.65. The molecule has 0 saturated carbocycles. The monoisotopic (exact) mass is 245 g/mol. The van der Waals surface area contributed by atoms with Crippen LogP contribution in [0.3, 0.4) is 0 Å². The molecule has 1 aliphatic rings. The third-order valence-corrected chi connectivity index (χ3v) is 3.55. The molecule has 0 bridgehead atoms. The van der Waals surface area contributed by atoms with Gasteiger partial charge in [0.25, 0.3) is 0 Å². The Balaban J connectivity index is 1.83. The Kier molecular flexibility index (Phi) is 3.02. The summed E-state index contributed by atoms with van der Waals surface area (Å²) in [4.78, 5) is 6.86. The van der Waals surface area contributed by atoms with Crippen molar-refractivity contribution < 1.29 is 0 Å². The smallest absolute Gasteiger partial charge is 0.205 e. The summed E-state index contributed by atoms with van der Waals surface area (Å²) in [6.07, 6.45) is 0. The lowest BCUT2D eigenvalue weighted by Crippen LogP contribution is -2.40. The number of piperazine rings is 1. The van der Waals surface area contributed by atoms with Crippen LogP contribution in [0.2, 0.25) is 0 Å². The lowest BCUT2D eigenvalue weighted by atomic mass is 10.2. The maximum absolute atomic E-state index is 4.60. The van der Waals surface area contributed by atoms with Gasteiger partial charge in [0.2, 0.25) is 5.13 Å². The fraction of sp³-hybridized carbons (Fsp3) is 0.333. The molecule has 1 radical (unpaired) electrons. The second-order valence-electron chi connectivity index (χ2n) is 3.92. The predicted molar refractivity (Wildman–Crippen MR) is 69.4 cm³/mol. The molecule has 87 valence electrons. The highest BCUT2D eigenvalue weighted by Crippen LogP contribution is 2.23. The van der Waals surface area contributed by atoms with Crippen LogP contribution in [0.1, 0.15) is 0 Å². The molecule has 1 fully saturated rings. The third-order valence-electron chi connectivity index (χ3n) is 2.77. The molecule has 5 heteroatoms. The van der Waals surface area contributed by atoms with Crippen molar-refractivity contribution in [3.05, 3.63) is 30.3 Å². The van der Waals surface area contributed by atoms with E-state index in [9.17, 15) is 0 Å². The first kappa shape index (κ1) is 10.7. The standard InChI is InChI=1S/C12H13N4S/c1-2-4-10(5-3-1)11-14-12(17-15-11)16-8-6-13-7-9-16/h1-5H,6-9H2. The first-order valence-corrected chi connectivity index (χ1v) is 6.48. The molecule has 1 saturated heterocycles. The Morgan fingerprint density at radius 2 is 1.82 bits per heavy atom. The Hall–Kier alpha value is -1.46. The molecule has 0 spiro atoms. The summed E-state index contributed by atoms with van der Waals surface area (Å²) >= 11 is 1.47. The first-order valence-electron chi connectivity index (χ1n) is 5.71. The lowest BCUT2D eigenvalue weighted by molar-refractivity contribution is 0.578. The van der Waals surface area contributed by atoms with Crippen molar-refractivity contribution in [1.82, 2.24) is 14.7 Å². The van der Waals surface area contributed by atoms with E-state index >= 15 is 0 Å². The summed E-state index contributed by atoms with van der Waals surface area (Å²) in [7, 11) is 0. The van der Waals surface area contributed by atoms with E-state index in [1.165, 1.54) is 11.5 Å². The first-order chi connectivity index (χ1) is 8.43. The van der Waals surface area contributed by atoms with Crippen LogP contribution in [0.5, 0.6) is 0 Å². The van der Waals surface area contributed by atoms with Gasteiger partial charge in [-0.3, -0.25) is 0 Å². The van der Waals surface area contributed by atoms with Crippen molar-refractivity contribution in [3.8, 4) is 11.4 Å². The van der Waals surface area contributed by atoms with Crippen molar-refractivity contribution in [1.29, 1.82) is 0 Å². The number of anilines is 1. The molecule has 1 aromatic carbocycles. The third kappa shape index (κ3) is 2.30. The molecule has 0 aliphatic carbocycles. The summed E-state index contributed by atoms with van der Waals surface area (Å²) < 4.78 is 4.42. The fourth-order valence-corrected chi connectivity index (χ4v) is 2.59. The zero-order valence-electron chi connectivity index (χ0n) is 9.41. The number of hydrogen-bond acceptors (Lipinski definition) is 4. The molecule has 17 heavy (non-hydrogen) atoms. The average molecular weight is 245 g/mol. The van der Waals surface area contributed by atoms with Crippen molar-refractivity contribution in [2.45, 2.75) is 0 Å². The minimum atomic E-state index is 0.827. The van der Waals surface area contributed by atoms with Crippen LogP contribution in [0.15, 0.2) is 30.3 Å². The number of benzene rings is 1. The van der Waals surface area contributed by atoms with Crippen LogP contribution >= 0.6 is 11.5 Å². The quantitative estimate of drug-likeness (QED) is 0.807. The van der Waals surface area contributed by atoms with Gasteiger partial charge in [-0.25, -0.2) is 5.32 Å². The van der Waals surface area contributed by atoms with Crippen LogP contribution in [0.25, 0.3) is 11.4 Å². The second kappa shape index (κ2) is 4.81. The topological polar surface area (TPSA) is 43.1 Å². The van der Waals surface area contributed by atoms with Crippen molar-refractivity contribution in [2.75, 3.05) is 31.1 Å². The van der Waals surface area contributed by atoms with E-state index in [0.29, 0.717) is 0 Å². The molecule has 2 heterocycles. The molecule has 4 nitrogen and oxygen atoms in total. The number of aromatic nitrogens is 2. The fourth-order valence-electron chi connectivity index (χ4n) is 1.85. The minimum Gasteiger partial charge on any atom is -0.344 e. The minimum absolute atomic E-state index is 0.827. The van der Waals surface area contributed by atoms with Gasteiger partial charge < -0.3 is 4.90 Å². The normalized spacial score (nSPS) is 16.1. The van der Waals surface area contributed by atoms with Gasteiger partial charge in [-0.05, 0) is 0 Å². The zero-order chi connectivity index (χ0) is 11.5. The maximum Gasteiger partial charge on any atom is 0.205 e. The van der Waals surface area contributed by atoms with Gasteiger partial charge in [-0.1, -0.05) is 30.3 Å². The summed E-state index contributed by atoms with van der Waals surface area (Å²) in [6, 6.07) is 10.1. The van der Waals surface area contributed by atoms with Gasteiger partial charge in [0, 0.05) is 43.3 Å². The van der Waals surface area contributed by atoms with Crippen molar-refractivity contribution >= 4 is 16.7 Å². The van der Waals surface area contributed by atoms with Gasteiger partial charge in [-0.15, -0.1) is 0 Å². The largest absolute Gasteiger partial charge is 0.344 e. The molecule has 2 aromatic rings. The summed E-state index contributed by atoms with van der Waals surface area (Å²) in [6.45, 7) is 3.73. The molecule has 0 unspecified atom stereocenters. The van der Waals surface area contributed by atoms with Crippen LogP contribution in [0, 0.1) is 0 Å². The van der Waals surface area contributed by atoms with Gasteiger partial charge in [0.1, 0.15) is 0 Å². The van der Waals surface area contributed by atoms with E-state index in [-0.39, 0.29) is 0 Å².